The van der Waals surface area contributed by atoms with Gasteiger partial charge in [0, 0.05) is 19.0 Å². The van der Waals surface area contributed by atoms with E-state index in [1.165, 1.54) is 0 Å². The molecule has 1 aliphatic rings. The van der Waals surface area contributed by atoms with Crippen LogP contribution >= 0.6 is 0 Å². The molecule has 0 saturated carbocycles. The van der Waals surface area contributed by atoms with Crippen molar-refractivity contribution in [2.24, 2.45) is 0 Å². The van der Waals surface area contributed by atoms with E-state index in [9.17, 15) is 9.90 Å². The molecule has 0 aromatic carbocycles. The van der Waals surface area contributed by atoms with Gasteiger partial charge in [0.05, 0.1) is 25.4 Å². The summed E-state index contributed by atoms with van der Waals surface area (Å²) in [7, 11) is 0. The first kappa shape index (κ1) is 13.4. The van der Waals surface area contributed by atoms with Crippen LogP contribution in [-0.2, 0) is 9.53 Å². The van der Waals surface area contributed by atoms with Crippen molar-refractivity contribution in [3.05, 3.63) is 0 Å². The van der Waals surface area contributed by atoms with Gasteiger partial charge in [0.2, 0.25) is 5.91 Å². The van der Waals surface area contributed by atoms with Crippen molar-refractivity contribution in [2.45, 2.75) is 38.3 Å². The second-order valence-electron chi connectivity index (χ2n) is 4.55. The number of ether oxygens (including phenoxy) is 1. The molecule has 1 amide bonds. The third kappa shape index (κ3) is 4.08. The molecule has 0 radical (unpaired) electrons. The Bertz CT molecular complexity index is 223. The Labute approximate surface area is 96.6 Å². The molecule has 2 atom stereocenters. The maximum atomic E-state index is 11.7. The van der Waals surface area contributed by atoms with Crippen molar-refractivity contribution in [1.82, 2.24) is 10.6 Å². The van der Waals surface area contributed by atoms with Crippen LogP contribution in [0.5, 0.6) is 0 Å². The van der Waals surface area contributed by atoms with Gasteiger partial charge in [0.1, 0.15) is 0 Å². The number of morpholine rings is 1. The Morgan fingerprint density at radius 1 is 1.69 bits per heavy atom. The molecule has 1 aliphatic heterocycles. The molecular formula is C11H22N2O3. The third-order valence-electron chi connectivity index (χ3n) is 3.00. The Hall–Kier alpha value is -0.650. The van der Waals surface area contributed by atoms with Crippen molar-refractivity contribution in [1.29, 1.82) is 0 Å². The van der Waals surface area contributed by atoms with Gasteiger partial charge in [-0.25, -0.2) is 0 Å². The van der Waals surface area contributed by atoms with E-state index >= 15 is 0 Å². The Kier molecular flexibility index (Phi) is 5.18. The molecule has 1 rings (SSSR count). The fourth-order valence-corrected chi connectivity index (χ4v) is 1.60. The molecule has 2 unspecified atom stereocenters. The SMILES string of the molecule is CCC(C)(CO)NC(=O)CC1COCCN1. The molecule has 1 fully saturated rings. The molecule has 94 valence electrons. The van der Waals surface area contributed by atoms with Crippen LogP contribution in [0.2, 0.25) is 0 Å². The van der Waals surface area contributed by atoms with E-state index in [0.717, 1.165) is 6.54 Å². The minimum atomic E-state index is -0.507. The van der Waals surface area contributed by atoms with E-state index in [4.69, 9.17) is 4.74 Å². The predicted molar refractivity (Wildman–Crippen MR) is 61.2 cm³/mol. The lowest BCUT2D eigenvalue weighted by atomic mass is 9.99. The summed E-state index contributed by atoms with van der Waals surface area (Å²) in [5.41, 5.74) is -0.507. The van der Waals surface area contributed by atoms with Crippen LogP contribution in [0.25, 0.3) is 0 Å². The quantitative estimate of drug-likeness (QED) is 0.603. The number of carbonyl (C=O) groups excluding carboxylic acids is 1. The molecule has 1 heterocycles. The van der Waals surface area contributed by atoms with Crippen molar-refractivity contribution in [3.63, 3.8) is 0 Å². The van der Waals surface area contributed by atoms with Gasteiger partial charge in [0.15, 0.2) is 0 Å². The van der Waals surface area contributed by atoms with Crippen molar-refractivity contribution in [3.8, 4) is 0 Å². The zero-order valence-corrected chi connectivity index (χ0v) is 10.1. The molecule has 0 aromatic rings. The standard InChI is InChI=1S/C11H22N2O3/c1-3-11(2,8-14)13-10(15)6-9-7-16-5-4-12-9/h9,12,14H,3-8H2,1-2H3,(H,13,15). The number of rotatable bonds is 5. The fraction of sp³-hybridized carbons (Fsp3) is 0.909. The van der Waals surface area contributed by atoms with Gasteiger partial charge in [-0.05, 0) is 13.3 Å². The average molecular weight is 230 g/mol. The number of carbonyl (C=O) groups is 1. The maximum absolute atomic E-state index is 11.7. The highest BCUT2D eigenvalue weighted by Crippen LogP contribution is 2.08. The van der Waals surface area contributed by atoms with Crippen LogP contribution in [0, 0.1) is 0 Å². The summed E-state index contributed by atoms with van der Waals surface area (Å²) in [4.78, 5) is 11.7. The third-order valence-corrected chi connectivity index (χ3v) is 3.00. The first-order valence-corrected chi connectivity index (χ1v) is 5.82. The summed E-state index contributed by atoms with van der Waals surface area (Å²) >= 11 is 0. The van der Waals surface area contributed by atoms with Crippen molar-refractivity contribution in [2.75, 3.05) is 26.4 Å². The van der Waals surface area contributed by atoms with Gasteiger partial charge >= 0.3 is 0 Å². The zero-order valence-electron chi connectivity index (χ0n) is 10.1. The summed E-state index contributed by atoms with van der Waals surface area (Å²) in [6.07, 6.45) is 1.11. The van der Waals surface area contributed by atoms with E-state index in [1.54, 1.807) is 0 Å². The average Bonchev–Trinajstić information content (AvgIpc) is 2.30. The lowest BCUT2D eigenvalue weighted by Gasteiger charge is -2.29. The second kappa shape index (κ2) is 6.18. The molecule has 5 nitrogen and oxygen atoms in total. The van der Waals surface area contributed by atoms with E-state index in [0.29, 0.717) is 26.1 Å². The highest BCUT2D eigenvalue weighted by molar-refractivity contribution is 5.77. The topological polar surface area (TPSA) is 70.6 Å². The smallest absolute Gasteiger partial charge is 0.222 e. The van der Waals surface area contributed by atoms with E-state index in [1.807, 2.05) is 13.8 Å². The Morgan fingerprint density at radius 2 is 2.44 bits per heavy atom. The summed E-state index contributed by atoms with van der Waals surface area (Å²) in [6, 6.07) is 0.0912. The maximum Gasteiger partial charge on any atom is 0.222 e. The van der Waals surface area contributed by atoms with Crippen LogP contribution in [0.15, 0.2) is 0 Å². The molecule has 0 bridgehead atoms. The number of aliphatic hydroxyl groups excluding tert-OH is 1. The Morgan fingerprint density at radius 3 is 2.94 bits per heavy atom. The second-order valence-corrected chi connectivity index (χ2v) is 4.55. The van der Waals surface area contributed by atoms with Crippen molar-refractivity contribution < 1.29 is 14.6 Å². The molecule has 5 heteroatoms. The minimum Gasteiger partial charge on any atom is -0.394 e. The normalized spacial score (nSPS) is 24.8. The van der Waals surface area contributed by atoms with Crippen LogP contribution in [-0.4, -0.2) is 49.0 Å². The van der Waals surface area contributed by atoms with Gasteiger partial charge in [-0.1, -0.05) is 6.92 Å². The minimum absolute atomic E-state index is 0.0379. The molecule has 1 saturated heterocycles. The van der Waals surface area contributed by atoms with Crippen LogP contribution in [0.3, 0.4) is 0 Å². The first-order valence-electron chi connectivity index (χ1n) is 5.82. The van der Waals surface area contributed by atoms with Gasteiger partial charge in [-0.3, -0.25) is 4.79 Å². The van der Waals surface area contributed by atoms with E-state index in [-0.39, 0.29) is 18.6 Å². The summed E-state index contributed by atoms with van der Waals surface area (Å²) in [5.74, 6) is -0.0404. The van der Waals surface area contributed by atoms with Crippen LogP contribution in [0.4, 0.5) is 0 Å². The molecular weight excluding hydrogens is 208 g/mol. The fourth-order valence-electron chi connectivity index (χ4n) is 1.60. The summed E-state index contributed by atoms with van der Waals surface area (Å²) in [6.45, 7) is 5.83. The van der Waals surface area contributed by atoms with E-state index < -0.39 is 5.54 Å². The van der Waals surface area contributed by atoms with Crippen molar-refractivity contribution >= 4 is 5.91 Å². The van der Waals surface area contributed by atoms with Gasteiger partial charge in [-0.15, -0.1) is 0 Å². The summed E-state index contributed by atoms with van der Waals surface area (Å²) in [5, 5.41) is 15.3. The molecule has 0 spiro atoms. The molecule has 0 aromatic heterocycles. The number of aliphatic hydroxyl groups is 1. The number of amides is 1. The highest BCUT2D eigenvalue weighted by atomic mass is 16.5. The largest absolute Gasteiger partial charge is 0.394 e. The molecule has 0 aliphatic carbocycles. The monoisotopic (exact) mass is 230 g/mol. The number of hydrogen-bond donors (Lipinski definition) is 3. The number of nitrogens with one attached hydrogen (secondary N) is 2. The van der Waals surface area contributed by atoms with Crippen LogP contribution in [0.1, 0.15) is 26.7 Å². The lowest BCUT2D eigenvalue weighted by molar-refractivity contribution is -0.124. The van der Waals surface area contributed by atoms with Gasteiger partial charge in [-0.2, -0.15) is 0 Å². The first-order chi connectivity index (χ1) is 7.59. The van der Waals surface area contributed by atoms with E-state index in [2.05, 4.69) is 10.6 Å². The molecule has 16 heavy (non-hydrogen) atoms. The van der Waals surface area contributed by atoms with Gasteiger partial charge in [0.25, 0.3) is 0 Å². The number of hydrogen-bond acceptors (Lipinski definition) is 4. The zero-order chi connectivity index (χ0) is 12.0. The van der Waals surface area contributed by atoms with Crippen LogP contribution < -0.4 is 10.6 Å². The predicted octanol–water partition coefficient (Wildman–Crippen LogP) is -0.358. The molecule has 3 N–H and O–H groups in total. The lowest BCUT2D eigenvalue weighted by Crippen LogP contribution is -2.51. The summed E-state index contributed by atoms with van der Waals surface area (Å²) < 4.78 is 5.27. The highest BCUT2D eigenvalue weighted by Gasteiger charge is 2.25. The van der Waals surface area contributed by atoms with Gasteiger partial charge < -0.3 is 20.5 Å². The Balaban J connectivity index is 2.34.